The first kappa shape index (κ1) is 23.1. The SMILES string of the molecule is N.N.[Cl][Pt]([Cl])([Cl])([Cl])([Cl])[Cl].[Pt]. The van der Waals surface area contributed by atoms with Gasteiger partial charge in [0.1, 0.15) is 0 Å². The Morgan fingerprint density at radius 3 is 0.600 bits per heavy atom. The van der Waals surface area contributed by atoms with Gasteiger partial charge in [0.25, 0.3) is 0 Å². The fraction of sp³-hybridized carbons (Fsp3) is 0. The van der Waals surface area contributed by atoms with Crippen LogP contribution in [0.25, 0.3) is 0 Å². The molecule has 0 aromatic carbocycles. The summed E-state index contributed by atoms with van der Waals surface area (Å²) in [5, 5.41) is 0. The Hall–Kier alpha value is 3.04. The summed E-state index contributed by atoms with van der Waals surface area (Å²) in [5.41, 5.74) is 0. The van der Waals surface area contributed by atoms with Crippen LogP contribution in [-0.2, 0) is 28.4 Å². The molecule has 0 saturated heterocycles. The summed E-state index contributed by atoms with van der Waals surface area (Å²) in [5.74, 6) is 0. The Balaban J connectivity index is -0.0000000600. The second-order valence-corrected chi connectivity index (χ2v) is 49.9. The zero-order valence-electron chi connectivity index (χ0n) is 4.31. The fourth-order valence-electron chi connectivity index (χ4n) is 0. The van der Waals surface area contributed by atoms with Crippen LogP contribution < -0.4 is 12.3 Å². The van der Waals surface area contributed by atoms with E-state index in [9.17, 15) is 0 Å². The zero-order chi connectivity index (χ0) is 6.41. The molecule has 0 bridgehead atoms. The van der Waals surface area contributed by atoms with Crippen molar-refractivity contribution in [2.45, 2.75) is 0 Å². The van der Waals surface area contributed by atoms with Crippen molar-refractivity contribution >= 4 is 56.5 Å². The van der Waals surface area contributed by atoms with Gasteiger partial charge in [-0.05, 0) is 0 Å². The van der Waals surface area contributed by atoms with E-state index in [1.54, 1.807) is 0 Å². The molecule has 0 rings (SSSR count). The van der Waals surface area contributed by atoms with Crippen molar-refractivity contribution in [3.8, 4) is 0 Å². The number of hydrogen-bond donors (Lipinski definition) is 2. The van der Waals surface area contributed by atoms with E-state index in [-0.39, 0.29) is 33.4 Å². The van der Waals surface area contributed by atoms with E-state index in [1.807, 2.05) is 0 Å². The smallest absolute Gasteiger partial charge is 0 e. The predicted molar refractivity (Wildman–Crippen MR) is 45.2 cm³/mol. The Bertz CT molecular complexity index is 72.3. The third-order valence-corrected chi connectivity index (χ3v) is 0. The zero-order valence-corrected chi connectivity index (χ0v) is 13.4. The quantitative estimate of drug-likeness (QED) is 0.413. The van der Waals surface area contributed by atoms with Gasteiger partial charge in [-0.25, -0.2) is 0 Å². The maximum atomic E-state index is 5.05. The summed E-state index contributed by atoms with van der Waals surface area (Å²) in [7, 11) is 25.0. The molecule has 0 spiro atoms. The molecule has 0 aromatic rings. The third-order valence-electron chi connectivity index (χ3n) is 0. The Morgan fingerprint density at radius 2 is 0.600 bits per heavy atom. The summed E-state index contributed by atoms with van der Waals surface area (Å²) in [6.45, 7) is 0. The summed E-state index contributed by atoms with van der Waals surface area (Å²) in [4.78, 5) is 0. The van der Waals surface area contributed by atoms with Crippen LogP contribution in [0.4, 0.5) is 0 Å². The molecule has 78 valence electrons. The van der Waals surface area contributed by atoms with E-state index in [0.29, 0.717) is 0 Å². The third kappa shape index (κ3) is 121. The first-order valence-corrected chi connectivity index (χ1v) is 17.6. The molecule has 0 aliphatic heterocycles. The van der Waals surface area contributed by atoms with Gasteiger partial charge in [0.05, 0.1) is 0 Å². The van der Waals surface area contributed by atoms with Gasteiger partial charge in [-0.2, -0.15) is 0 Å². The first-order chi connectivity index (χ1) is 2.45. The second kappa shape index (κ2) is 4.51. The molecule has 0 unspecified atom stereocenters. The van der Waals surface area contributed by atoms with Crippen molar-refractivity contribution in [2.75, 3.05) is 0 Å². The van der Waals surface area contributed by atoms with E-state index in [4.69, 9.17) is 56.5 Å². The van der Waals surface area contributed by atoms with Crippen molar-refractivity contribution in [3.05, 3.63) is 0 Å². The van der Waals surface area contributed by atoms with Crippen LogP contribution in [-0.4, -0.2) is 0 Å². The van der Waals surface area contributed by atoms with Crippen molar-refractivity contribution in [3.63, 3.8) is 0 Å². The minimum Gasteiger partial charge on any atom is 0 e. The van der Waals surface area contributed by atoms with Gasteiger partial charge >= 0.3 is 63.8 Å². The number of rotatable bonds is 0. The van der Waals surface area contributed by atoms with Crippen LogP contribution in [0.15, 0.2) is 0 Å². The fourth-order valence-corrected chi connectivity index (χ4v) is 0. The first-order valence-electron chi connectivity index (χ1n) is 0.717. The molecule has 0 amide bonds. The van der Waals surface area contributed by atoms with Gasteiger partial charge in [0, 0.05) is 21.1 Å². The summed E-state index contributed by atoms with van der Waals surface area (Å²) >= 11 is 0. The van der Waals surface area contributed by atoms with Crippen LogP contribution in [0.2, 0.25) is 0 Å². The Labute approximate surface area is 95.6 Å². The summed E-state index contributed by atoms with van der Waals surface area (Å²) in [6.07, 6.45) is 0. The van der Waals surface area contributed by atoms with E-state index in [0.717, 1.165) is 0 Å². The molecule has 0 heterocycles. The minimum absolute atomic E-state index is 0. The topological polar surface area (TPSA) is 70.0 Å². The van der Waals surface area contributed by atoms with Crippen LogP contribution >= 0.6 is 56.5 Å². The summed E-state index contributed by atoms with van der Waals surface area (Å²) in [6, 6.07) is 0. The molecule has 6 N–H and O–H groups in total. The standard InChI is InChI=1S/6ClH.2H3N.2Pt/h6*1H;2*1H3;;/q;;;;;;;;;+6/p-6. The average Bonchev–Trinajstić information content (AvgIpc) is 0.592. The average molecular weight is 637 g/mol. The van der Waals surface area contributed by atoms with E-state index in [1.165, 1.54) is 0 Å². The van der Waals surface area contributed by atoms with Crippen LogP contribution in [0, 0.1) is 0 Å². The van der Waals surface area contributed by atoms with Crippen LogP contribution in [0.3, 0.4) is 0 Å². The van der Waals surface area contributed by atoms with Crippen molar-refractivity contribution < 1.29 is 28.4 Å². The van der Waals surface area contributed by atoms with Gasteiger partial charge in [-0.15, -0.1) is 0 Å². The van der Waals surface area contributed by atoms with Gasteiger partial charge < -0.3 is 12.3 Å². The number of hydrogen-bond acceptors (Lipinski definition) is 2. The van der Waals surface area contributed by atoms with Crippen LogP contribution in [0.1, 0.15) is 0 Å². The number of halogens is 6. The molecule has 10 heteroatoms. The Morgan fingerprint density at radius 1 is 0.600 bits per heavy atom. The maximum Gasteiger partial charge on any atom is 0 e. The molecule has 0 radical (unpaired) electrons. The molecule has 0 atom stereocenters. The minimum atomic E-state index is -5.29. The van der Waals surface area contributed by atoms with Gasteiger partial charge in [-0.3, -0.25) is 0 Å². The van der Waals surface area contributed by atoms with E-state index < -0.39 is 7.31 Å². The van der Waals surface area contributed by atoms with Gasteiger partial charge in [0.2, 0.25) is 0 Å². The largest absolute Gasteiger partial charge is 0 e. The molecule has 0 aliphatic rings. The molecule has 2 nitrogen and oxygen atoms in total. The maximum absolute atomic E-state index is 5.29. The molecule has 0 fully saturated rings. The predicted octanol–water partition coefficient (Wildman–Crippen LogP) is 4.46. The molecule has 10 heavy (non-hydrogen) atoms. The van der Waals surface area contributed by atoms with E-state index in [2.05, 4.69) is 0 Å². The van der Waals surface area contributed by atoms with Crippen LogP contribution in [0.5, 0.6) is 0 Å². The van der Waals surface area contributed by atoms with Crippen molar-refractivity contribution in [2.24, 2.45) is 0 Å². The normalized spacial score (nSPS) is 16.2. The second-order valence-electron chi connectivity index (χ2n) is 0.678. The molecule has 0 aromatic heterocycles. The molecular weight excluding hydrogens is 631 g/mol. The summed E-state index contributed by atoms with van der Waals surface area (Å²) < 4.78 is 0. The van der Waals surface area contributed by atoms with Crippen molar-refractivity contribution in [1.82, 2.24) is 12.3 Å². The van der Waals surface area contributed by atoms with E-state index >= 15 is 0 Å². The monoisotopic (exact) mass is 634 g/mol. The molecular formula is H6Cl6N2Pt2. The Kier molecular flexibility index (Phi) is 10.4. The molecule has 0 aliphatic carbocycles. The van der Waals surface area contributed by atoms with Gasteiger partial charge in [0.15, 0.2) is 0 Å². The van der Waals surface area contributed by atoms with Gasteiger partial charge in [-0.1, -0.05) is 0 Å². The van der Waals surface area contributed by atoms with Crippen molar-refractivity contribution in [1.29, 1.82) is 0 Å². The molecule has 0 saturated carbocycles.